The van der Waals surface area contributed by atoms with Gasteiger partial charge in [0.15, 0.2) is 0 Å². The number of nitrogens with one attached hydrogen (secondary N) is 1. The molecule has 0 aliphatic carbocycles. The molecule has 0 spiro atoms. The van der Waals surface area contributed by atoms with Crippen molar-refractivity contribution in [3.05, 3.63) is 29.8 Å². The number of sulfonamides is 1. The van der Waals surface area contributed by atoms with E-state index in [9.17, 15) is 17.7 Å². The van der Waals surface area contributed by atoms with Crippen molar-refractivity contribution in [3.63, 3.8) is 0 Å². The minimum atomic E-state index is -3.53. The van der Waals surface area contributed by atoms with E-state index in [-0.39, 0.29) is 11.4 Å². The van der Waals surface area contributed by atoms with Crippen LogP contribution in [-0.2, 0) is 20.8 Å². The van der Waals surface area contributed by atoms with Gasteiger partial charge in [-0.3, -0.25) is 4.21 Å². The normalized spacial score (nSPS) is 15.1. The summed E-state index contributed by atoms with van der Waals surface area (Å²) in [6.45, 7) is 1.88. The summed E-state index contributed by atoms with van der Waals surface area (Å²) in [5.41, 5.74) is 0.667. The Bertz CT molecular complexity index is 523. The highest BCUT2D eigenvalue weighted by Crippen LogP contribution is 2.15. The first-order valence-electron chi connectivity index (χ1n) is 5.90. The predicted molar refractivity (Wildman–Crippen MR) is 75.8 cm³/mol. The van der Waals surface area contributed by atoms with Crippen molar-refractivity contribution < 1.29 is 17.7 Å². The van der Waals surface area contributed by atoms with E-state index in [1.54, 1.807) is 25.3 Å². The molecule has 5 nitrogen and oxygen atoms in total. The molecule has 108 valence electrons. The third-order valence-corrected chi connectivity index (χ3v) is 4.91. The van der Waals surface area contributed by atoms with Crippen LogP contribution in [0.15, 0.2) is 29.2 Å². The Balaban J connectivity index is 2.64. The standard InChI is InChI=1S/C12H19NO4S2/c1-10(14)11-4-6-12(7-5-11)19(16,17)13-8-3-9-18(2)15/h4-7,10,13-14H,3,8-9H2,1-2H3. The quantitative estimate of drug-likeness (QED) is 0.730. The average molecular weight is 305 g/mol. The summed E-state index contributed by atoms with van der Waals surface area (Å²) in [5, 5.41) is 9.35. The van der Waals surface area contributed by atoms with Gasteiger partial charge in [-0.2, -0.15) is 0 Å². The summed E-state index contributed by atoms with van der Waals surface area (Å²) < 4.78 is 37.1. The second-order valence-electron chi connectivity index (χ2n) is 4.27. The number of hydrogen-bond donors (Lipinski definition) is 2. The summed E-state index contributed by atoms with van der Waals surface area (Å²) in [4.78, 5) is 0.162. The summed E-state index contributed by atoms with van der Waals surface area (Å²) in [7, 11) is -4.44. The van der Waals surface area contributed by atoms with Gasteiger partial charge in [-0.05, 0) is 31.0 Å². The van der Waals surface area contributed by atoms with Crippen LogP contribution in [0.5, 0.6) is 0 Å². The molecule has 0 saturated heterocycles. The molecule has 1 rings (SSSR count). The maximum Gasteiger partial charge on any atom is 0.240 e. The number of hydrogen-bond acceptors (Lipinski definition) is 4. The summed E-state index contributed by atoms with van der Waals surface area (Å²) in [5.74, 6) is 0.476. The van der Waals surface area contributed by atoms with Crippen LogP contribution in [0.3, 0.4) is 0 Å². The predicted octanol–water partition coefficient (Wildman–Crippen LogP) is 0.787. The molecule has 0 radical (unpaired) electrons. The SMILES string of the molecule is CC(O)c1ccc(S(=O)(=O)NCCCS(C)=O)cc1. The second-order valence-corrected chi connectivity index (χ2v) is 7.60. The van der Waals surface area contributed by atoms with Gasteiger partial charge in [0, 0.05) is 29.4 Å². The number of rotatable bonds is 7. The van der Waals surface area contributed by atoms with Crippen molar-refractivity contribution in [1.82, 2.24) is 4.72 Å². The van der Waals surface area contributed by atoms with E-state index in [1.165, 1.54) is 12.1 Å². The van der Waals surface area contributed by atoms with Gasteiger partial charge in [0.25, 0.3) is 0 Å². The Morgan fingerprint density at radius 1 is 1.32 bits per heavy atom. The minimum absolute atomic E-state index is 0.162. The van der Waals surface area contributed by atoms with Gasteiger partial charge in [0.05, 0.1) is 11.0 Å². The number of aliphatic hydroxyl groups excluding tert-OH is 1. The maximum atomic E-state index is 11.9. The van der Waals surface area contributed by atoms with E-state index in [4.69, 9.17) is 0 Å². The van der Waals surface area contributed by atoms with Gasteiger partial charge in [0.2, 0.25) is 10.0 Å². The molecule has 1 aromatic carbocycles. The highest BCUT2D eigenvalue weighted by molar-refractivity contribution is 7.89. The van der Waals surface area contributed by atoms with E-state index in [0.717, 1.165) is 0 Å². The molecule has 2 unspecified atom stereocenters. The largest absolute Gasteiger partial charge is 0.389 e. The third kappa shape index (κ3) is 5.40. The molecular formula is C12H19NO4S2. The van der Waals surface area contributed by atoms with Crippen molar-refractivity contribution in [1.29, 1.82) is 0 Å². The lowest BCUT2D eigenvalue weighted by molar-refractivity contribution is 0.199. The Kier molecular flexibility index (Phi) is 6.12. The first-order valence-corrected chi connectivity index (χ1v) is 9.11. The topological polar surface area (TPSA) is 83.5 Å². The smallest absolute Gasteiger partial charge is 0.240 e. The zero-order chi connectivity index (χ0) is 14.5. The zero-order valence-corrected chi connectivity index (χ0v) is 12.6. The van der Waals surface area contributed by atoms with Crippen molar-refractivity contribution in [2.24, 2.45) is 0 Å². The van der Waals surface area contributed by atoms with Crippen LogP contribution in [0.1, 0.15) is 25.0 Å². The van der Waals surface area contributed by atoms with Crippen molar-refractivity contribution in [2.45, 2.75) is 24.3 Å². The molecule has 0 bridgehead atoms. The lowest BCUT2D eigenvalue weighted by Gasteiger charge is -2.08. The number of benzene rings is 1. The lowest BCUT2D eigenvalue weighted by Crippen LogP contribution is -2.25. The van der Waals surface area contributed by atoms with Crippen molar-refractivity contribution in [3.8, 4) is 0 Å². The molecule has 1 aromatic rings. The molecule has 0 saturated carbocycles. The fourth-order valence-corrected chi connectivity index (χ4v) is 3.12. The molecule has 7 heteroatoms. The second kappa shape index (κ2) is 7.14. The molecular weight excluding hydrogens is 286 g/mol. The molecule has 0 amide bonds. The van der Waals surface area contributed by atoms with E-state index in [1.807, 2.05) is 0 Å². The molecule has 0 aliphatic heterocycles. The van der Waals surface area contributed by atoms with E-state index < -0.39 is 26.9 Å². The van der Waals surface area contributed by atoms with Gasteiger partial charge in [0.1, 0.15) is 0 Å². The summed E-state index contributed by atoms with van der Waals surface area (Å²) >= 11 is 0. The van der Waals surface area contributed by atoms with Crippen molar-refractivity contribution >= 4 is 20.8 Å². The Hall–Kier alpha value is -0.760. The Morgan fingerprint density at radius 3 is 2.37 bits per heavy atom. The minimum Gasteiger partial charge on any atom is -0.389 e. The lowest BCUT2D eigenvalue weighted by atomic mass is 10.1. The molecule has 19 heavy (non-hydrogen) atoms. The fraction of sp³-hybridized carbons (Fsp3) is 0.500. The van der Waals surface area contributed by atoms with Crippen molar-refractivity contribution in [2.75, 3.05) is 18.6 Å². The van der Waals surface area contributed by atoms with E-state index >= 15 is 0 Å². The van der Waals surface area contributed by atoms with Crippen LogP contribution in [-0.4, -0.2) is 36.3 Å². The summed E-state index contributed by atoms with van der Waals surface area (Å²) in [6, 6.07) is 6.09. The maximum absolute atomic E-state index is 11.9. The molecule has 0 fully saturated rings. The molecule has 2 atom stereocenters. The first kappa shape index (κ1) is 16.3. The van der Waals surface area contributed by atoms with Crippen LogP contribution < -0.4 is 4.72 Å². The van der Waals surface area contributed by atoms with Crippen LogP contribution in [0.25, 0.3) is 0 Å². The monoisotopic (exact) mass is 305 g/mol. The highest BCUT2D eigenvalue weighted by Gasteiger charge is 2.13. The van der Waals surface area contributed by atoms with Crippen LogP contribution in [0.4, 0.5) is 0 Å². The molecule has 2 N–H and O–H groups in total. The third-order valence-electron chi connectivity index (χ3n) is 2.57. The van der Waals surface area contributed by atoms with E-state index in [0.29, 0.717) is 17.7 Å². The highest BCUT2D eigenvalue weighted by atomic mass is 32.2. The van der Waals surface area contributed by atoms with Gasteiger partial charge < -0.3 is 5.11 Å². The fourth-order valence-electron chi connectivity index (χ4n) is 1.49. The first-order chi connectivity index (χ1) is 8.83. The van der Waals surface area contributed by atoms with Crippen LogP contribution >= 0.6 is 0 Å². The molecule has 0 aliphatic rings. The van der Waals surface area contributed by atoms with Gasteiger partial charge in [-0.25, -0.2) is 13.1 Å². The van der Waals surface area contributed by atoms with Gasteiger partial charge in [-0.15, -0.1) is 0 Å². The summed E-state index contributed by atoms with van der Waals surface area (Å²) in [6.07, 6.45) is 1.50. The number of aliphatic hydroxyl groups is 1. The van der Waals surface area contributed by atoms with Crippen LogP contribution in [0, 0.1) is 0 Å². The zero-order valence-electron chi connectivity index (χ0n) is 11.0. The van der Waals surface area contributed by atoms with E-state index in [2.05, 4.69) is 4.72 Å². The average Bonchev–Trinajstić information content (AvgIpc) is 2.34. The van der Waals surface area contributed by atoms with Gasteiger partial charge >= 0.3 is 0 Å². The Labute approximate surface area is 116 Å². The molecule has 0 aromatic heterocycles. The Morgan fingerprint density at radius 2 is 1.89 bits per heavy atom. The molecule has 0 heterocycles. The van der Waals surface area contributed by atoms with Crippen LogP contribution in [0.2, 0.25) is 0 Å². The van der Waals surface area contributed by atoms with Gasteiger partial charge in [-0.1, -0.05) is 12.1 Å².